The number of aromatic nitrogens is 1. The van der Waals surface area contributed by atoms with Crippen LogP contribution < -0.4 is 4.72 Å². The van der Waals surface area contributed by atoms with E-state index >= 15 is 0 Å². The van der Waals surface area contributed by atoms with Gasteiger partial charge in [-0.25, -0.2) is 13.1 Å². The molecule has 4 nitrogen and oxygen atoms in total. The van der Waals surface area contributed by atoms with Gasteiger partial charge in [-0.3, -0.25) is 4.98 Å². The van der Waals surface area contributed by atoms with Crippen LogP contribution in [0.15, 0.2) is 64.3 Å². The topological polar surface area (TPSA) is 59.1 Å². The number of rotatable bonds is 5. The Bertz CT molecular complexity index is 909. The molecule has 1 aromatic carbocycles. The number of nitrogens with one attached hydrogen (secondary N) is 1. The van der Waals surface area contributed by atoms with Gasteiger partial charge in [0.2, 0.25) is 10.0 Å². The number of benzene rings is 1. The number of thiophene rings is 1. The van der Waals surface area contributed by atoms with Crippen LogP contribution in [0.3, 0.4) is 0 Å². The molecule has 1 N–H and O–H groups in total. The summed E-state index contributed by atoms with van der Waals surface area (Å²) in [6.07, 6.45) is 1.67. The quantitative estimate of drug-likeness (QED) is 0.745. The molecule has 0 radical (unpaired) electrons. The van der Waals surface area contributed by atoms with Crippen LogP contribution in [-0.2, 0) is 16.6 Å². The Morgan fingerprint density at radius 3 is 2.74 bits per heavy atom. The van der Waals surface area contributed by atoms with Crippen LogP contribution in [0, 0.1) is 0 Å². The predicted molar refractivity (Wildman–Crippen MR) is 93.0 cm³/mol. The van der Waals surface area contributed by atoms with Gasteiger partial charge in [0.05, 0.1) is 10.7 Å². The van der Waals surface area contributed by atoms with Crippen molar-refractivity contribution in [2.45, 2.75) is 11.4 Å². The molecule has 0 aliphatic rings. The highest BCUT2D eigenvalue weighted by atomic mass is 35.5. The number of nitrogens with zero attached hydrogens (tertiary/aromatic N) is 1. The highest BCUT2D eigenvalue weighted by molar-refractivity contribution is 7.89. The lowest BCUT2D eigenvalue weighted by Crippen LogP contribution is -2.23. The number of pyridine rings is 1. The Hall–Kier alpha value is -1.73. The third-order valence-corrected chi connectivity index (χ3v) is 5.82. The Morgan fingerprint density at radius 1 is 1.17 bits per heavy atom. The number of hydrogen-bond acceptors (Lipinski definition) is 4. The van der Waals surface area contributed by atoms with E-state index in [-0.39, 0.29) is 16.5 Å². The molecule has 118 valence electrons. The molecule has 0 bridgehead atoms. The lowest BCUT2D eigenvalue weighted by Gasteiger charge is -2.09. The van der Waals surface area contributed by atoms with Crippen molar-refractivity contribution in [2.75, 3.05) is 0 Å². The molecular formula is C16H13ClN2O2S2. The second-order valence-electron chi connectivity index (χ2n) is 4.82. The van der Waals surface area contributed by atoms with E-state index in [0.29, 0.717) is 0 Å². The summed E-state index contributed by atoms with van der Waals surface area (Å²) in [7, 11) is -3.66. The first-order valence-electron chi connectivity index (χ1n) is 6.78. The van der Waals surface area contributed by atoms with Crippen LogP contribution in [0.1, 0.15) is 5.56 Å². The van der Waals surface area contributed by atoms with Crippen molar-refractivity contribution in [1.29, 1.82) is 0 Å². The molecule has 0 saturated heterocycles. The van der Waals surface area contributed by atoms with E-state index in [2.05, 4.69) is 9.71 Å². The van der Waals surface area contributed by atoms with Crippen molar-refractivity contribution in [3.63, 3.8) is 0 Å². The Morgan fingerprint density at radius 2 is 2.00 bits per heavy atom. The second kappa shape index (κ2) is 6.80. The van der Waals surface area contributed by atoms with Gasteiger partial charge in [0.25, 0.3) is 0 Å². The molecule has 3 rings (SSSR count). The minimum absolute atomic E-state index is 0.0776. The van der Waals surface area contributed by atoms with E-state index in [1.807, 2.05) is 22.9 Å². The van der Waals surface area contributed by atoms with Crippen LogP contribution in [0.25, 0.3) is 11.3 Å². The Labute approximate surface area is 143 Å². The molecule has 0 unspecified atom stereocenters. The highest BCUT2D eigenvalue weighted by Crippen LogP contribution is 2.22. The molecule has 0 aliphatic heterocycles. The van der Waals surface area contributed by atoms with Crippen molar-refractivity contribution >= 4 is 33.0 Å². The molecule has 0 fully saturated rings. The molecule has 2 aromatic heterocycles. The van der Waals surface area contributed by atoms with E-state index in [0.717, 1.165) is 16.8 Å². The lowest BCUT2D eigenvalue weighted by atomic mass is 10.1. The summed E-state index contributed by atoms with van der Waals surface area (Å²) in [4.78, 5) is 4.38. The van der Waals surface area contributed by atoms with Gasteiger partial charge in [-0.05, 0) is 41.3 Å². The fourth-order valence-corrected chi connectivity index (χ4v) is 4.26. The summed E-state index contributed by atoms with van der Waals surface area (Å²) in [5.41, 5.74) is 2.67. The summed E-state index contributed by atoms with van der Waals surface area (Å²) in [6, 6.07) is 12.0. The van der Waals surface area contributed by atoms with Crippen LogP contribution in [0.5, 0.6) is 0 Å². The van der Waals surface area contributed by atoms with Crippen molar-refractivity contribution < 1.29 is 8.42 Å². The van der Waals surface area contributed by atoms with Gasteiger partial charge >= 0.3 is 0 Å². The SMILES string of the molecule is O=S(=O)(NCc1ccnc(-c2ccsc2)c1)c1ccccc1Cl. The average Bonchev–Trinajstić information content (AvgIpc) is 3.08. The lowest BCUT2D eigenvalue weighted by molar-refractivity contribution is 0.581. The third-order valence-electron chi connectivity index (χ3n) is 3.23. The second-order valence-corrected chi connectivity index (χ2v) is 7.74. The minimum Gasteiger partial charge on any atom is -0.256 e. The number of hydrogen-bond donors (Lipinski definition) is 1. The molecule has 23 heavy (non-hydrogen) atoms. The Kier molecular flexibility index (Phi) is 4.77. The first-order chi connectivity index (χ1) is 11.1. The maximum atomic E-state index is 12.3. The first-order valence-corrected chi connectivity index (χ1v) is 9.58. The maximum absolute atomic E-state index is 12.3. The van der Waals surface area contributed by atoms with E-state index in [1.54, 1.807) is 41.8 Å². The molecular weight excluding hydrogens is 352 g/mol. The fraction of sp³-hybridized carbons (Fsp3) is 0.0625. The molecule has 3 aromatic rings. The van der Waals surface area contributed by atoms with Crippen LogP contribution in [-0.4, -0.2) is 13.4 Å². The zero-order valence-corrected chi connectivity index (χ0v) is 14.3. The minimum atomic E-state index is -3.66. The van der Waals surface area contributed by atoms with Gasteiger partial charge in [0, 0.05) is 23.7 Å². The largest absolute Gasteiger partial charge is 0.256 e. The smallest absolute Gasteiger partial charge is 0.242 e. The van der Waals surface area contributed by atoms with Crippen LogP contribution >= 0.6 is 22.9 Å². The average molecular weight is 365 g/mol. The molecule has 0 atom stereocenters. The van der Waals surface area contributed by atoms with Crippen molar-refractivity contribution in [2.24, 2.45) is 0 Å². The van der Waals surface area contributed by atoms with Gasteiger partial charge < -0.3 is 0 Å². The zero-order valence-electron chi connectivity index (χ0n) is 11.9. The molecule has 0 saturated carbocycles. The van der Waals surface area contributed by atoms with Gasteiger partial charge in [-0.1, -0.05) is 23.7 Å². The summed E-state index contributed by atoms with van der Waals surface area (Å²) >= 11 is 7.55. The molecule has 2 heterocycles. The summed E-state index contributed by atoms with van der Waals surface area (Å²) in [5, 5.41) is 4.18. The van der Waals surface area contributed by atoms with E-state index in [4.69, 9.17) is 11.6 Å². The molecule has 0 aliphatic carbocycles. The van der Waals surface area contributed by atoms with E-state index < -0.39 is 10.0 Å². The normalized spacial score (nSPS) is 11.5. The van der Waals surface area contributed by atoms with Crippen molar-refractivity contribution in [3.8, 4) is 11.3 Å². The van der Waals surface area contributed by atoms with E-state index in [9.17, 15) is 8.42 Å². The predicted octanol–water partition coefficient (Wildman–Crippen LogP) is 3.94. The molecule has 0 amide bonds. The monoisotopic (exact) mass is 364 g/mol. The van der Waals surface area contributed by atoms with Gasteiger partial charge in [0.1, 0.15) is 4.90 Å². The fourth-order valence-electron chi connectivity index (χ4n) is 2.07. The van der Waals surface area contributed by atoms with Gasteiger partial charge in [-0.2, -0.15) is 11.3 Å². The summed E-state index contributed by atoms with van der Waals surface area (Å²) < 4.78 is 27.2. The standard InChI is InChI=1S/C16H13ClN2O2S2/c17-14-3-1-2-4-16(14)23(20,21)19-10-12-5-7-18-15(9-12)13-6-8-22-11-13/h1-9,11,19H,10H2. The maximum Gasteiger partial charge on any atom is 0.242 e. The van der Waals surface area contributed by atoms with Gasteiger partial charge in [-0.15, -0.1) is 0 Å². The zero-order chi connectivity index (χ0) is 16.3. The number of sulfonamides is 1. The van der Waals surface area contributed by atoms with Crippen LogP contribution in [0.2, 0.25) is 5.02 Å². The summed E-state index contributed by atoms with van der Waals surface area (Å²) in [6.45, 7) is 0.174. The first kappa shape index (κ1) is 16.1. The van der Waals surface area contributed by atoms with Crippen molar-refractivity contribution in [1.82, 2.24) is 9.71 Å². The van der Waals surface area contributed by atoms with Gasteiger partial charge in [0.15, 0.2) is 0 Å². The Balaban J connectivity index is 1.78. The molecule has 7 heteroatoms. The van der Waals surface area contributed by atoms with E-state index in [1.165, 1.54) is 6.07 Å². The summed E-state index contributed by atoms with van der Waals surface area (Å²) in [5.74, 6) is 0. The molecule has 0 spiro atoms. The van der Waals surface area contributed by atoms with Crippen LogP contribution in [0.4, 0.5) is 0 Å². The highest BCUT2D eigenvalue weighted by Gasteiger charge is 2.17. The third kappa shape index (κ3) is 3.79. The number of halogens is 1. The van der Waals surface area contributed by atoms with Crippen molar-refractivity contribution in [3.05, 3.63) is 70.0 Å².